The number of aromatic amines is 1. The predicted molar refractivity (Wildman–Crippen MR) is 113 cm³/mol. The number of aromatic nitrogens is 4. The van der Waals surface area contributed by atoms with E-state index in [1.54, 1.807) is 13.3 Å². The standard InChI is InChI=1S/C20H24N8O/c1-13(29)27-8-10-28(11-9-27)16-6-4-15(5-7-16)24-20-25-18-17(21-12-22-18)19(26-20)23-14-2-3-14/h4-7,12,14H,2-3,8-11H2,1H3,(H3,21,22,23,24,25,26). The fourth-order valence-corrected chi connectivity index (χ4v) is 3.58. The van der Waals surface area contributed by atoms with Crippen molar-refractivity contribution in [3.8, 4) is 0 Å². The first-order valence-electron chi connectivity index (χ1n) is 10.0. The molecule has 1 aliphatic heterocycles. The number of hydrogen-bond acceptors (Lipinski definition) is 7. The molecule has 9 nitrogen and oxygen atoms in total. The van der Waals surface area contributed by atoms with Gasteiger partial charge in [0.05, 0.1) is 6.33 Å². The number of H-pyrrole nitrogens is 1. The van der Waals surface area contributed by atoms with Crippen molar-refractivity contribution in [3.63, 3.8) is 0 Å². The SMILES string of the molecule is CC(=O)N1CCN(c2ccc(Nc3nc(NC4CC4)c4[nH]cnc4n3)cc2)CC1. The van der Waals surface area contributed by atoms with Gasteiger partial charge in [-0.15, -0.1) is 0 Å². The summed E-state index contributed by atoms with van der Waals surface area (Å²) in [5.41, 5.74) is 3.55. The number of hydrogen-bond donors (Lipinski definition) is 3. The third kappa shape index (κ3) is 3.80. The highest BCUT2D eigenvalue weighted by molar-refractivity contribution is 5.84. The summed E-state index contributed by atoms with van der Waals surface area (Å²) in [6, 6.07) is 8.72. The normalized spacial score (nSPS) is 16.9. The van der Waals surface area contributed by atoms with Gasteiger partial charge in [0.25, 0.3) is 0 Å². The van der Waals surface area contributed by atoms with Crippen LogP contribution in [0.15, 0.2) is 30.6 Å². The zero-order valence-electron chi connectivity index (χ0n) is 16.4. The molecule has 1 aromatic carbocycles. The van der Waals surface area contributed by atoms with Crippen molar-refractivity contribution in [2.24, 2.45) is 0 Å². The molecule has 29 heavy (non-hydrogen) atoms. The van der Waals surface area contributed by atoms with E-state index in [0.717, 1.165) is 48.9 Å². The van der Waals surface area contributed by atoms with Crippen LogP contribution in [0.25, 0.3) is 11.2 Å². The van der Waals surface area contributed by atoms with Gasteiger partial charge in [0.1, 0.15) is 5.52 Å². The molecule has 1 amide bonds. The molecule has 3 heterocycles. The number of carbonyl (C=O) groups excluding carboxylic acids is 1. The largest absolute Gasteiger partial charge is 0.368 e. The number of imidazole rings is 1. The monoisotopic (exact) mass is 392 g/mol. The first kappa shape index (κ1) is 17.7. The molecule has 2 aliphatic rings. The molecule has 9 heteroatoms. The summed E-state index contributed by atoms with van der Waals surface area (Å²) in [7, 11) is 0. The molecule has 0 atom stereocenters. The van der Waals surface area contributed by atoms with Crippen molar-refractivity contribution in [2.75, 3.05) is 41.7 Å². The minimum Gasteiger partial charge on any atom is -0.368 e. The van der Waals surface area contributed by atoms with E-state index in [9.17, 15) is 4.79 Å². The summed E-state index contributed by atoms with van der Waals surface area (Å²) in [6.07, 6.45) is 3.98. The molecular formula is C20H24N8O. The number of rotatable bonds is 5. The van der Waals surface area contributed by atoms with Crippen molar-refractivity contribution in [3.05, 3.63) is 30.6 Å². The number of amides is 1. The van der Waals surface area contributed by atoms with Crippen LogP contribution < -0.4 is 15.5 Å². The van der Waals surface area contributed by atoms with E-state index in [4.69, 9.17) is 0 Å². The molecule has 1 saturated heterocycles. The molecule has 3 N–H and O–H groups in total. The van der Waals surface area contributed by atoms with Gasteiger partial charge in [0.2, 0.25) is 11.9 Å². The summed E-state index contributed by atoms with van der Waals surface area (Å²) in [5.74, 6) is 1.46. The van der Waals surface area contributed by atoms with Gasteiger partial charge in [-0.05, 0) is 37.1 Å². The fourth-order valence-electron chi connectivity index (χ4n) is 3.58. The highest BCUT2D eigenvalue weighted by atomic mass is 16.2. The third-order valence-corrected chi connectivity index (χ3v) is 5.42. The van der Waals surface area contributed by atoms with Gasteiger partial charge in [-0.3, -0.25) is 4.79 Å². The van der Waals surface area contributed by atoms with Crippen LogP contribution in [0.3, 0.4) is 0 Å². The number of nitrogens with zero attached hydrogens (tertiary/aromatic N) is 5. The van der Waals surface area contributed by atoms with E-state index in [0.29, 0.717) is 17.6 Å². The van der Waals surface area contributed by atoms with E-state index in [1.165, 1.54) is 12.8 Å². The Morgan fingerprint density at radius 1 is 1.10 bits per heavy atom. The average molecular weight is 392 g/mol. The molecule has 150 valence electrons. The lowest BCUT2D eigenvalue weighted by Crippen LogP contribution is -2.48. The van der Waals surface area contributed by atoms with Crippen molar-refractivity contribution >= 4 is 40.2 Å². The first-order valence-corrected chi connectivity index (χ1v) is 10.0. The second-order valence-corrected chi connectivity index (χ2v) is 7.58. The van der Waals surface area contributed by atoms with E-state index >= 15 is 0 Å². The van der Waals surface area contributed by atoms with Crippen LogP contribution >= 0.6 is 0 Å². The number of nitrogens with one attached hydrogen (secondary N) is 3. The number of benzene rings is 1. The Labute approximate surface area is 168 Å². The van der Waals surface area contributed by atoms with Gasteiger partial charge in [-0.25, -0.2) is 4.98 Å². The molecule has 5 rings (SSSR count). The van der Waals surface area contributed by atoms with Crippen LogP contribution in [0.2, 0.25) is 0 Å². The summed E-state index contributed by atoms with van der Waals surface area (Å²) >= 11 is 0. The molecule has 3 aromatic rings. The summed E-state index contributed by atoms with van der Waals surface area (Å²) in [6.45, 7) is 4.86. The number of anilines is 4. The molecule has 0 bridgehead atoms. The first-order chi connectivity index (χ1) is 14.2. The van der Waals surface area contributed by atoms with E-state index in [2.05, 4.69) is 47.6 Å². The van der Waals surface area contributed by atoms with Crippen LogP contribution in [-0.2, 0) is 4.79 Å². The molecule has 0 radical (unpaired) electrons. The Balaban J connectivity index is 1.29. The van der Waals surface area contributed by atoms with Gasteiger partial charge < -0.3 is 25.4 Å². The van der Waals surface area contributed by atoms with E-state index in [1.807, 2.05) is 17.0 Å². The lowest BCUT2D eigenvalue weighted by atomic mass is 10.2. The molecule has 0 spiro atoms. The highest BCUT2D eigenvalue weighted by Gasteiger charge is 2.23. The van der Waals surface area contributed by atoms with Gasteiger partial charge in [-0.1, -0.05) is 0 Å². The van der Waals surface area contributed by atoms with Crippen molar-refractivity contribution in [2.45, 2.75) is 25.8 Å². The fraction of sp³-hybridized carbons (Fsp3) is 0.400. The van der Waals surface area contributed by atoms with E-state index < -0.39 is 0 Å². The van der Waals surface area contributed by atoms with Gasteiger partial charge in [0.15, 0.2) is 11.5 Å². The van der Waals surface area contributed by atoms with Crippen molar-refractivity contribution < 1.29 is 4.79 Å². The zero-order chi connectivity index (χ0) is 19.8. The molecule has 1 saturated carbocycles. The van der Waals surface area contributed by atoms with Gasteiger partial charge in [0, 0.05) is 50.5 Å². The predicted octanol–water partition coefficient (Wildman–Crippen LogP) is 2.34. The van der Waals surface area contributed by atoms with Crippen LogP contribution in [-0.4, -0.2) is 63.0 Å². The summed E-state index contributed by atoms with van der Waals surface area (Å²) in [4.78, 5) is 32.2. The lowest BCUT2D eigenvalue weighted by Gasteiger charge is -2.35. The van der Waals surface area contributed by atoms with E-state index in [-0.39, 0.29) is 5.91 Å². The molecule has 0 unspecified atom stereocenters. The Morgan fingerprint density at radius 2 is 1.86 bits per heavy atom. The maximum absolute atomic E-state index is 11.5. The summed E-state index contributed by atoms with van der Waals surface area (Å²) in [5, 5.41) is 6.72. The summed E-state index contributed by atoms with van der Waals surface area (Å²) < 4.78 is 0. The second kappa shape index (κ2) is 7.23. The molecule has 2 fully saturated rings. The zero-order valence-corrected chi connectivity index (χ0v) is 16.4. The number of carbonyl (C=O) groups is 1. The molecule has 1 aliphatic carbocycles. The molecule has 2 aromatic heterocycles. The average Bonchev–Trinajstić information content (AvgIpc) is 3.42. The minimum atomic E-state index is 0.147. The Kier molecular flexibility index (Phi) is 4.42. The lowest BCUT2D eigenvalue weighted by molar-refractivity contribution is -0.129. The van der Waals surface area contributed by atoms with Crippen LogP contribution in [0.1, 0.15) is 19.8 Å². The number of piperazine rings is 1. The topological polar surface area (TPSA) is 102 Å². The molecular weight excluding hydrogens is 368 g/mol. The number of fused-ring (bicyclic) bond motifs is 1. The minimum absolute atomic E-state index is 0.147. The Morgan fingerprint density at radius 3 is 2.55 bits per heavy atom. The Bertz CT molecular complexity index is 1020. The van der Waals surface area contributed by atoms with Crippen molar-refractivity contribution in [1.82, 2.24) is 24.8 Å². The third-order valence-electron chi connectivity index (χ3n) is 5.42. The van der Waals surface area contributed by atoms with Gasteiger partial charge >= 0.3 is 0 Å². The second-order valence-electron chi connectivity index (χ2n) is 7.58. The van der Waals surface area contributed by atoms with Crippen LogP contribution in [0.4, 0.5) is 23.1 Å². The maximum atomic E-state index is 11.5. The maximum Gasteiger partial charge on any atom is 0.231 e. The Hall–Kier alpha value is -3.36. The van der Waals surface area contributed by atoms with Gasteiger partial charge in [-0.2, -0.15) is 9.97 Å². The quantitative estimate of drug-likeness (QED) is 0.612. The smallest absolute Gasteiger partial charge is 0.231 e. The van der Waals surface area contributed by atoms with Crippen LogP contribution in [0, 0.1) is 0 Å². The van der Waals surface area contributed by atoms with Crippen LogP contribution in [0.5, 0.6) is 0 Å². The van der Waals surface area contributed by atoms with Crippen molar-refractivity contribution in [1.29, 1.82) is 0 Å². The highest BCUT2D eigenvalue weighted by Crippen LogP contribution is 2.28.